The van der Waals surface area contributed by atoms with Crippen molar-refractivity contribution in [2.45, 2.75) is 44.8 Å². The number of amides is 2. The Labute approximate surface area is 117 Å². The first-order valence-corrected chi connectivity index (χ1v) is 9.23. The highest BCUT2D eigenvalue weighted by molar-refractivity contribution is 8.32. The van der Waals surface area contributed by atoms with Gasteiger partial charge in [-0.3, -0.25) is 9.69 Å². The van der Waals surface area contributed by atoms with E-state index in [2.05, 4.69) is 18.8 Å². The van der Waals surface area contributed by atoms with Crippen LogP contribution in [-0.4, -0.2) is 64.8 Å². The lowest BCUT2D eigenvalue weighted by Crippen LogP contribution is -2.47. The number of ether oxygens (including phenoxy) is 1. The van der Waals surface area contributed by atoms with Gasteiger partial charge in [0, 0.05) is 7.05 Å². The molecule has 0 radical (unpaired) electrons. The van der Waals surface area contributed by atoms with Gasteiger partial charge in [0.25, 0.3) is 0 Å². The lowest BCUT2D eigenvalue weighted by Gasteiger charge is -2.42. The molecule has 0 saturated carbocycles. The summed E-state index contributed by atoms with van der Waals surface area (Å²) in [6, 6.07) is -0.462. The van der Waals surface area contributed by atoms with Gasteiger partial charge in [-0.25, -0.2) is 14.8 Å². The van der Waals surface area contributed by atoms with Crippen molar-refractivity contribution >= 4 is 22.0 Å². The third-order valence-corrected chi connectivity index (χ3v) is 4.74. The molecule has 0 N–H and O–H groups in total. The highest BCUT2D eigenvalue weighted by Crippen LogP contribution is 2.48. The molecule has 0 aromatic carbocycles. The maximum absolute atomic E-state index is 12.4. The molecule has 5 nitrogen and oxygen atoms in total. The summed E-state index contributed by atoms with van der Waals surface area (Å²) in [4.78, 5) is 27.7. The summed E-state index contributed by atoms with van der Waals surface area (Å²) in [5, 5.41) is 0. The molecule has 6 heteroatoms. The van der Waals surface area contributed by atoms with E-state index in [1.807, 2.05) is 20.8 Å². The average molecular weight is 290 g/mol. The summed E-state index contributed by atoms with van der Waals surface area (Å²) < 4.78 is 5.44. The maximum atomic E-state index is 12.4. The second-order valence-electron chi connectivity index (χ2n) is 6.77. The molecular formula is C13H26N2O3S. The summed E-state index contributed by atoms with van der Waals surface area (Å²) >= 11 is 0. The predicted molar refractivity (Wildman–Crippen MR) is 79.5 cm³/mol. The first-order valence-electron chi connectivity index (χ1n) is 6.31. The van der Waals surface area contributed by atoms with Gasteiger partial charge in [-0.15, -0.1) is 0 Å². The largest absolute Gasteiger partial charge is 0.444 e. The second-order valence-corrected chi connectivity index (χ2v) is 11.1. The van der Waals surface area contributed by atoms with Crippen LogP contribution in [0.3, 0.4) is 0 Å². The molecule has 2 amide bonds. The number of hydrogen-bond acceptors (Lipinski definition) is 3. The fourth-order valence-corrected chi connectivity index (χ4v) is 4.28. The van der Waals surface area contributed by atoms with Crippen LogP contribution in [-0.2, 0) is 9.53 Å². The van der Waals surface area contributed by atoms with Gasteiger partial charge in [0.15, 0.2) is 0 Å². The van der Waals surface area contributed by atoms with Crippen LogP contribution in [0.5, 0.6) is 0 Å². The number of hydrogen-bond donors (Lipinski definition) is 0. The van der Waals surface area contributed by atoms with Gasteiger partial charge in [-0.1, -0.05) is 0 Å². The lowest BCUT2D eigenvalue weighted by molar-refractivity contribution is -0.128. The first kappa shape index (κ1) is 16.1. The highest BCUT2D eigenvalue weighted by Gasteiger charge is 2.49. The van der Waals surface area contributed by atoms with Gasteiger partial charge in [-0.2, -0.15) is 0 Å². The lowest BCUT2D eigenvalue weighted by atomic mass is 10.2. The Balaban J connectivity index is 3.08. The van der Waals surface area contributed by atoms with E-state index in [-0.39, 0.29) is 11.4 Å². The van der Waals surface area contributed by atoms with Crippen LogP contribution in [0.1, 0.15) is 27.7 Å². The Morgan fingerprint density at radius 2 is 1.74 bits per heavy atom. The molecule has 112 valence electrons. The third kappa shape index (κ3) is 3.35. The molecule has 0 aliphatic carbocycles. The fraction of sp³-hybridized carbons (Fsp3) is 0.846. The Hall–Kier alpha value is -0.910. The first-order chi connectivity index (χ1) is 8.36. The normalized spacial score (nSPS) is 25.8. The molecule has 0 unspecified atom stereocenters. The van der Waals surface area contributed by atoms with Crippen LogP contribution in [0.4, 0.5) is 4.79 Å². The van der Waals surface area contributed by atoms with E-state index in [9.17, 15) is 9.59 Å². The van der Waals surface area contributed by atoms with E-state index in [0.29, 0.717) is 0 Å². The zero-order valence-electron chi connectivity index (χ0n) is 13.2. The smallest absolute Gasteiger partial charge is 0.413 e. The molecule has 1 aliphatic rings. The van der Waals surface area contributed by atoms with E-state index in [0.717, 1.165) is 0 Å². The summed E-state index contributed by atoms with van der Waals surface area (Å²) in [7, 11) is 0.619. The van der Waals surface area contributed by atoms with Crippen molar-refractivity contribution in [3.05, 3.63) is 0 Å². The molecule has 0 bridgehead atoms. The van der Waals surface area contributed by atoms with Gasteiger partial charge < -0.3 is 9.64 Å². The van der Waals surface area contributed by atoms with Crippen molar-refractivity contribution in [3.8, 4) is 0 Å². The third-order valence-electron chi connectivity index (χ3n) is 2.93. The number of likely N-dealkylation sites (N-methyl/N-ethyl adjacent to an activating group) is 1. The van der Waals surface area contributed by atoms with Crippen LogP contribution < -0.4 is 0 Å². The molecule has 19 heavy (non-hydrogen) atoms. The van der Waals surface area contributed by atoms with E-state index < -0.39 is 27.8 Å². The van der Waals surface area contributed by atoms with Crippen LogP contribution in [0, 0.1) is 0 Å². The molecular weight excluding hydrogens is 264 g/mol. The van der Waals surface area contributed by atoms with E-state index in [1.54, 1.807) is 23.8 Å². The van der Waals surface area contributed by atoms with Gasteiger partial charge in [0.1, 0.15) is 17.1 Å². The summed E-state index contributed by atoms with van der Waals surface area (Å²) in [6.45, 7) is 7.25. The molecule has 2 atom stereocenters. The van der Waals surface area contributed by atoms with Crippen molar-refractivity contribution in [1.82, 2.24) is 9.80 Å². The molecule has 1 rings (SSSR count). The second kappa shape index (κ2) is 4.89. The number of carbonyl (C=O) groups is 2. The molecule has 0 aromatic rings. The van der Waals surface area contributed by atoms with Crippen LogP contribution in [0.2, 0.25) is 0 Å². The minimum Gasteiger partial charge on any atom is -0.444 e. The molecule has 0 aromatic heterocycles. The molecule has 1 heterocycles. The number of carbonyl (C=O) groups excluding carboxylic acids is 2. The van der Waals surface area contributed by atoms with Crippen LogP contribution in [0.25, 0.3) is 0 Å². The minimum absolute atomic E-state index is 0.0294. The Bertz CT molecular complexity index is 384. The molecule has 1 aliphatic heterocycles. The van der Waals surface area contributed by atoms with Crippen molar-refractivity contribution in [2.75, 3.05) is 25.8 Å². The van der Waals surface area contributed by atoms with E-state index in [1.165, 1.54) is 0 Å². The predicted octanol–water partition coefficient (Wildman–Crippen LogP) is 2.06. The Morgan fingerprint density at radius 3 is 2.11 bits per heavy atom. The average Bonchev–Trinajstić information content (AvgIpc) is 2.39. The van der Waals surface area contributed by atoms with Gasteiger partial charge >= 0.3 is 6.09 Å². The highest BCUT2D eigenvalue weighted by atomic mass is 32.3. The summed E-state index contributed by atoms with van der Waals surface area (Å²) in [5.41, 5.74) is -0.761. The van der Waals surface area contributed by atoms with Crippen LogP contribution >= 0.6 is 10.0 Å². The van der Waals surface area contributed by atoms with E-state index >= 15 is 0 Å². The Kier molecular flexibility index (Phi) is 4.15. The molecule has 1 saturated heterocycles. The van der Waals surface area contributed by atoms with Crippen LogP contribution in [0.15, 0.2) is 0 Å². The standard InChI is InChI=1S/C13H26N2O3S/c1-9-10(16)14(5)11(19(6,7)8)15(9)12(17)18-13(2,3)4/h9,11H,1-8H3/t9-,11-/m0/s1. The zero-order valence-corrected chi connectivity index (χ0v) is 14.0. The van der Waals surface area contributed by atoms with Gasteiger partial charge in [0.2, 0.25) is 5.91 Å². The number of nitrogens with zero attached hydrogens (tertiary/aromatic N) is 2. The molecule has 1 fully saturated rings. The molecule has 0 spiro atoms. The summed E-state index contributed by atoms with van der Waals surface area (Å²) in [6.07, 6.45) is 5.87. The van der Waals surface area contributed by atoms with Crippen molar-refractivity contribution in [3.63, 3.8) is 0 Å². The monoisotopic (exact) mass is 290 g/mol. The van der Waals surface area contributed by atoms with E-state index in [4.69, 9.17) is 4.74 Å². The van der Waals surface area contributed by atoms with Gasteiger partial charge in [-0.05, 0) is 46.5 Å². The van der Waals surface area contributed by atoms with Crippen molar-refractivity contribution < 1.29 is 14.3 Å². The van der Waals surface area contributed by atoms with Crippen molar-refractivity contribution in [2.24, 2.45) is 0 Å². The fourth-order valence-electron chi connectivity index (χ4n) is 2.28. The minimum atomic E-state index is -1.14. The zero-order chi connectivity index (χ0) is 15.2. The number of rotatable bonds is 1. The topological polar surface area (TPSA) is 49.9 Å². The van der Waals surface area contributed by atoms with Gasteiger partial charge in [0.05, 0.1) is 0 Å². The van der Waals surface area contributed by atoms with Crippen molar-refractivity contribution in [1.29, 1.82) is 0 Å². The summed E-state index contributed by atoms with van der Waals surface area (Å²) in [5.74, 6) is -0.0294. The SMILES string of the molecule is C[C@H]1C(=O)N(C)[C@H](S(C)(C)C)N1C(=O)OC(C)(C)C. The quantitative estimate of drug-likeness (QED) is 0.743. The Morgan fingerprint density at radius 1 is 1.26 bits per heavy atom. The maximum Gasteiger partial charge on any atom is 0.413 e.